The summed E-state index contributed by atoms with van der Waals surface area (Å²) < 4.78 is 35.0. The Morgan fingerprint density at radius 2 is 1.87 bits per heavy atom. The molecule has 1 saturated heterocycles. The highest BCUT2D eigenvalue weighted by atomic mass is 35.5. The van der Waals surface area contributed by atoms with Crippen LogP contribution in [0.2, 0.25) is 5.02 Å². The number of hydrogen-bond donors (Lipinski definition) is 2. The minimum absolute atomic E-state index is 0.0646. The Balaban J connectivity index is 1.25. The van der Waals surface area contributed by atoms with Crippen molar-refractivity contribution in [3.05, 3.63) is 71.2 Å². The zero-order valence-corrected chi connectivity index (χ0v) is 23.4. The van der Waals surface area contributed by atoms with Crippen LogP contribution in [0.4, 0.5) is 0 Å². The van der Waals surface area contributed by atoms with Crippen molar-refractivity contribution in [2.75, 3.05) is 46.4 Å². The Hall–Kier alpha value is -2.47. The van der Waals surface area contributed by atoms with Crippen LogP contribution in [0.25, 0.3) is 10.4 Å². The van der Waals surface area contributed by atoms with Crippen LogP contribution in [0.1, 0.15) is 17.9 Å². The number of sulfonamides is 1. The largest absolute Gasteiger partial charge is 0.492 e. The lowest BCUT2D eigenvalue weighted by molar-refractivity contribution is -0.140. The zero-order chi connectivity index (χ0) is 26.9. The quantitative estimate of drug-likeness (QED) is 0.377. The molecule has 2 unspecified atom stereocenters. The van der Waals surface area contributed by atoms with Gasteiger partial charge in [-0.15, -0.1) is 11.3 Å². The summed E-state index contributed by atoms with van der Waals surface area (Å²) in [5.41, 5.74) is -0.0235. The molecule has 2 atom stereocenters. The Bertz CT molecular complexity index is 1400. The summed E-state index contributed by atoms with van der Waals surface area (Å²) in [7, 11) is -1.94. The van der Waals surface area contributed by atoms with Crippen molar-refractivity contribution < 1.29 is 23.1 Å². The number of likely N-dealkylation sites (N-methyl/N-ethyl adjacent to an activating group) is 1. The lowest BCUT2D eigenvalue weighted by Gasteiger charge is -2.32. The van der Waals surface area contributed by atoms with Crippen molar-refractivity contribution in [3.63, 3.8) is 0 Å². The fraction of sp³-hybridized carbons (Fsp3) is 0.370. The van der Waals surface area contributed by atoms with Crippen LogP contribution in [-0.4, -0.2) is 81.2 Å². The highest BCUT2D eigenvalue weighted by Crippen LogP contribution is 2.53. The van der Waals surface area contributed by atoms with Gasteiger partial charge in [0, 0.05) is 48.5 Å². The number of nitrogens with zero attached hydrogens (tertiary/aromatic N) is 2. The molecule has 5 rings (SSSR count). The van der Waals surface area contributed by atoms with Crippen LogP contribution in [0.15, 0.2) is 64.9 Å². The highest BCUT2D eigenvalue weighted by Gasteiger charge is 2.63. The molecule has 2 aromatic carbocycles. The monoisotopic (exact) mass is 575 g/mol. The molecule has 38 heavy (non-hydrogen) atoms. The first-order valence-corrected chi connectivity index (χ1v) is 15.1. The van der Waals surface area contributed by atoms with E-state index in [4.69, 9.17) is 16.3 Å². The predicted octanol–water partition coefficient (Wildman–Crippen LogP) is 3.98. The number of carboxylic acids is 1. The predicted molar refractivity (Wildman–Crippen MR) is 149 cm³/mol. The number of rotatable bonds is 10. The van der Waals surface area contributed by atoms with Gasteiger partial charge in [-0.05, 0) is 61.0 Å². The number of hydrogen-bond acceptors (Lipinski definition) is 7. The number of aliphatic carboxylic acids is 1. The summed E-state index contributed by atoms with van der Waals surface area (Å²) >= 11 is 7.04. The Labute approximate surface area is 231 Å². The fourth-order valence-electron chi connectivity index (χ4n) is 4.77. The summed E-state index contributed by atoms with van der Waals surface area (Å²) in [5.74, 6) is -1.04. The summed E-state index contributed by atoms with van der Waals surface area (Å²) in [6.07, 6.45) is 0.168. The topological polar surface area (TPSA) is 99.2 Å². The number of ether oxygens (including phenoxy) is 1. The molecular weight excluding hydrogens is 546 g/mol. The smallest absolute Gasteiger partial charge is 0.325 e. The van der Waals surface area contributed by atoms with Gasteiger partial charge >= 0.3 is 5.97 Å². The van der Waals surface area contributed by atoms with Crippen LogP contribution in [0.5, 0.6) is 5.75 Å². The van der Waals surface area contributed by atoms with E-state index < -0.39 is 27.4 Å². The van der Waals surface area contributed by atoms with Crippen LogP contribution in [-0.2, 0) is 14.8 Å². The molecule has 11 heteroatoms. The molecule has 2 heterocycles. The summed E-state index contributed by atoms with van der Waals surface area (Å²) in [5, 5.41) is 10.6. The molecule has 2 aliphatic rings. The molecule has 2 N–H and O–H groups in total. The van der Waals surface area contributed by atoms with E-state index in [9.17, 15) is 18.3 Å². The number of nitrogens with one attached hydrogen (secondary N) is 1. The van der Waals surface area contributed by atoms with Crippen LogP contribution < -0.4 is 9.46 Å². The van der Waals surface area contributed by atoms with Gasteiger partial charge in [-0.1, -0.05) is 35.9 Å². The van der Waals surface area contributed by atoms with Gasteiger partial charge < -0.3 is 14.7 Å². The summed E-state index contributed by atoms with van der Waals surface area (Å²) in [6.45, 7) is 5.45. The highest BCUT2D eigenvalue weighted by molar-refractivity contribution is 7.91. The zero-order valence-electron chi connectivity index (χ0n) is 21.0. The van der Waals surface area contributed by atoms with Crippen LogP contribution in [0, 0.1) is 0 Å². The van der Waals surface area contributed by atoms with Gasteiger partial charge in [0.05, 0.1) is 0 Å². The molecule has 202 valence electrons. The molecule has 1 aliphatic heterocycles. The van der Waals surface area contributed by atoms with E-state index in [1.807, 2.05) is 36.4 Å². The maximum atomic E-state index is 13.2. The van der Waals surface area contributed by atoms with Crippen molar-refractivity contribution in [3.8, 4) is 16.2 Å². The Morgan fingerprint density at radius 1 is 1.13 bits per heavy atom. The van der Waals surface area contributed by atoms with Gasteiger partial charge in [0.2, 0.25) is 0 Å². The average molecular weight is 576 g/mol. The number of halogens is 1. The molecule has 2 fully saturated rings. The Morgan fingerprint density at radius 3 is 2.58 bits per heavy atom. The number of benzene rings is 2. The molecule has 0 amide bonds. The van der Waals surface area contributed by atoms with Gasteiger partial charge in [-0.2, -0.15) is 4.72 Å². The molecule has 8 nitrogen and oxygen atoms in total. The maximum absolute atomic E-state index is 13.2. The number of thiophene rings is 1. The fourth-order valence-corrected chi connectivity index (χ4v) is 7.61. The van der Waals surface area contributed by atoms with Crippen molar-refractivity contribution in [2.24, 2.45) is 0 Å². The van der Waals surface area contributed by atoms with Crippen molar-refractivity contribution >= 4 is 38.9 Å². The van der Waals surface area contributed by atoms with E-state index >= 15 is 0 Å². The molecule has 0 spiro atoms. The average Bonchev–Trinajstić information content (AvgIpc) is 3.38. The van der Waals surface area contributed by atoms with E-state index in [1.54, 1.807) is 18.2 Å². The molecule has 0 bridgehead atoms. The first-order valence-electron chi connectivity index (χ1n) is 12.4. The van der Waals surface area contributed by atoms with E-state index in [0.29, 0.717) is 17.4 Å². The van der Waals surface area contributed by atoms with Crippen molar-refractivity contribution in [2.45, 2.75) is 22.1 Å². The van der Waals surface area contributed by atoms with Crippen LogP contribution in [0.3, 0.4) is 0 Å². The summed E-state index contributed by atoms with van der Waals surface area (Å²) in [4.78, 5) is 17.7. The van der Waals surface area contributed by atoms with Gasteiger partial charge in [-0.3, -0.25) is 9.69 Å². The molecule has 1 aromatic heterocycles. The molecule has 1 aliphatic carbocycles. The van der Waals surface area contributed by atoms with Crippen molar-refractivity contribution in [1.82, 2.24) is 14.5 Å². The normalized spacial score (nSPS) is 22.3. The molecular formula is C27H30ClN3O5S2. The van der Waals surface area contributed by atoms with E-state index in [-0.39, 0.29) is 10.6 Å². The SMILES string of the molecule is CN1CCN(CCOc2cccc(C3CC3(NS(=O)(=O)c3ccc(-c4ccc(Cl)cc4)s3)C(=O)O)c2)CC1. The number of carbonyl (C=O) groups is 1. The van der Waals surface area contributed by atoms with Gasteiger partial charge in [0.1, 0.15) is 22.1 Å². The van der Waals surface area contributed by atoms with E-state index in [0.717, 1.165) is 60.1 Å². The Kier molecular flexibility index (Phi) is 7.82. The van der Waals surface area contributed by atoms with Gasteiger partial charge in [-0.25, -0.2) is 8.42 Å². The second-order valence-electron chi connectivity index (χ2n) is 9.83. The molecule has 3 aromatic rings. The molecule has 1 saturated carbocycles. The minimum Gasteiger partial charge on any atom is -0.492 e. The van der Waals surface area contributed by atoms with Crippen molar-refractivity contribution in [1.29, 1.82) is 0 Å². The third kappa shape index (κ3) is 5.90. The lowest BCUT2D eigenvalue weighted by Crippen LogP contribution is -2.45. The maximum Gasteiger partial charge on any atom is 0.325 e. The lowest BCUT2D eigenvalue weighted by atomic mass is 10.1. The standard InChI is InChI=1S/C27H30ClN3O5S2/c1-30-11-13-31(14-12-30)15-16-36-22-4-2-3-20(17-22)23-18-27(23,26(32)33)29-38(34,35)25-10-9-24(37-25)19-5-7-21(28)8-6-19/h2-10,17,23,29H,11-16,18H2,1H3,(H,32,33). The van der Waals surface area contributed by atoms with E-state index in [2.05, 4.69) is 21.6 Å². The van der Waals surface area contributed by atoms with E-state index in [1.165, 1.54) is 6.07 Å². The van der Waals surface area contributed by atoms with Gasteiger partial charge in [0.15, 0.2) is 0 Å². The third-order valence-electron chi connectivity index (χ3n) is 7.17. The second-order valence-corrected chi connectivity index (χ2v) is 13.3. The second kappa shape index (κ2) is 11.0. The number of piperazine rings is 1. The minimum atomic E-state index is -4.06. The first-order chi connectivity index (χ1) is 18.2. The third-order valence-corrected chi connectivity index (χ3v) is 10.6. The molecule has 0 radical (unpaired) electrons. The first kappa shape index (κ1) is 27.1. The summed E-state index contributed by atoms with van der Waals surface area (Å²) in [6, 6.07) is 17.6. The van der Waals surface area contributed by atoms with Gasteiger partial charge in [0.25, 0.3) is 10.0 Å². The number of carboxylic acid groups (broad SMARTS) is 1. The van der Waals surface area contributed by atoms with Crippen LogP contribution >= 0.6 is 22.9 Å².